The highest BCUT2D eigenvalue weighted by atomic mass is 35.5. The van der Waals surface area contributed by atoms with Gasteiger partial charge in [-0.15, -0.1) is 0 Å². The summed E-state index contributed by atoms with van der Waals surface area (Å²) >= 11 is 5.87. The van der Waals surface area contributed by atoms with Crippen molar-refractivity contribution < 1.29 is 10.2 Å². The number of rotatable bonds is 3. The van der Waals surface area contributed by atoms with Crippen LogP contribution in [0.25, 0.3) is 0 Å². The first-order valence-electron chi connectivity index (χ1n) is 5.88. The molecule has 0 fully saturated rings. The summed E-state index contributed by atoms with van der Waals surface area (Å²) in [4.78, 5) is 4.06. The molecule has 0 aliphatic heterocycles. The number of nitrogens with one attached hydrogen (secondary N) is 1. The van der Waals surface area contributed by atoms with Crippen LogP contribution in [0.2, 0.25) is 5.15 Å². The van der Waals surface area contributed by atoms with Crippen LogP contribution in [0.15, 0.2) is 30.5 Å². The molecular weight excluding hydrogens is 264 g/mol. The summed E-state index contributed by atoms with van der Waals surface area (Å²) in [6, 6.07) is 6.31. The van der Waals surface area contributed by atoms with Crippen LogP contribution in [0, 0.1) is 6.92 Å². The van der Waals surface area contributed by atoms with E-state index in [1.54, 1.807) is 18.3 Å². The van der Waals surface area contributed by atoms with Crippen molar-refractivity contribution in [1.29, 1.82) is 0 Å². The Morgan fingerprint density at radius 3 is 2.63 bits per heavy atom. The van der Waals surface area contributed by atoms with Crippen molar-refractivity contribution in [2.45, 2.75) is 19.9 Å². The molecule has 0 amide bonds. The molecule has 5 heteroatoms. The number of phenolic OH excluding ortho intramolecular Hbond substituents is 2. The minimum absolute atomic E-state index is 0.0393. The lowest BCUT2D eigenvalue weighted by Crippen LogP contribution is -2.07. The van der Waals surface area contributed by atoms with E-state index in [1.165, 1.54) is 6.07 Å². The molecule has 100 valence electrons. The zero-order valence-corrected chi connectivity index (χ0v) is 11.4. The molecule has 1 heterocycles. The zero-order valence-electron chi connectivity index (χ0n) is 10.7. The van der Waals surface area contributed by atoms with Crippen molar-refractivity contribution in [3.8, 4) is 11.5 Å². The SMILES string of the molecule is Cc1cc(NC(C)c2ccc(O)cc2O)cnc1Cl. The second-order valence-corrected chi connectivity index (χ2v) is 4.80. The minimum atomic E-state index is -0.122. The molecule has 0 spiro atoms. The Hall–Kier alpha value is -1.94. The highest BCUT2D eigenvalue weighted by Gasteiger charge is 2.11. The summed E-state index contributed by atoms with van der Waals surface area (Å²) in [6.45, 7) is 3.79. The maximum absolute atomic E-state index is 9.80. The number of halogens is 1. The quantitative estimate of drug-likeness (QED) is 0.750. The average molecular weight is 279 g/mol. The number of benzene rings is 1. The van der Waals surface area contributed by atoms with E-state index in [0.717, 1.165) is 11.3 Å². The van der Waals surface area contributed by atoms with Gasteiger partial charge in [-0.3, -0.25) is 0 Å². The predicted molar refractivity (Wildman–Crippen MR) is 75.8 cm³/mol. The van der Waals surface area contributed by atoms with E-state index in [-0.39, 0.29) is 17.5 Å². The fourth-order valence-electron chi connectivity index (χ4n) is 1.86. The van der Waals surface area contributed by atoms with E-state index in [4.69, 9.17) is 11.6 Å². The van der Waals surface area contributed by atoms with Gasteiger partial charge in [-0.2, -0.15) is 0 Å². The van der Waals surface area contributed by atoms with Gasteiger partial charge in [0.1, 0.15) is 16.7 Å². The Bertz CT molecular complexity index is 602. The number of phenols is 2. The van der Waals surface area contributed by atoms with Crippen LogP contribution in [0.4, 0.5) is 5.69 Å². The molecule has 1 atom stereocenters. The molecule has 1 aromatic carbocycles. The van der Waals surface area contributed by atoms with Gasteiger partial charge in [0.2, 0.25) is 0 Å². The molecule has 0 aliphatic carbocycles. The number of hydrogen-bond donors (Lipinski definition) is 3. The molecule has 1 unspecified atom stereocenters. The molecule has 3 N–H and O–H groups in total. The molecule has 1 aromatic heterocycles. The average Bonchev–Trinajstić information content (AvgIpc) is 2.33. The third-order valence-corrected chi connectivity index (χ3v) is 3.27. The summed E-state index contributed by atoms with van der Waals surface area (Å²) in [5.41, 5.74) is 2.40. The Kier molecular flexibility index (Phi) is 3.81. The van der Waals surface area contributed by atoms with E-state index < -0.39 is 0 Å². The molecule has 4 nitrogen and oxygen atoms in total. The van der Waals surface area contributed by atoms with Crippen molar-refractivity contribution in [3.05, 3.63) is 46.7 Å². The number of aromatic nitrogens is 1. The maximum atomic E-state index is 9.80. The van der Waals surface area contributed by atoms with Crippen LogP contribution in [0.5, 0.6) is 11.5 Å². The fourth-order valence-corrected chi connectivity index (χ4v) is 1.97. The Balaban J connectivity index is 2.20. The van der Waals surface area contributed by atoms with Crippen LogP contribution in [-0.4, -0.2) is 15.2 Å². The van der Waals surface area contributed by atoms with Gasteiger partial charge in [-0.05, 0) is 37.6 Å². The largest absolute Gasteiger partial charge is 0.508 e. The van der Waals surface area contributed by atoms with Crippen LogP contribution in [0.3, 0.4) is 0 Å². The molecule has 0 saturated heterocycles. The van der Waals surface area contributed by atoms with Gasteiger partial charge in [-0.25, -0.2) is 4.98 Å². The first-order chi connectivity index (χ1) is 8.97. The van der Waals surface area contributed by atoms with Crippen molar-refractivity contribution in [3.63, 3.8) is 0 Å². The smallest absolute Gasteiger partial charge is 0.132 e. The maximum Gasteiger partial charge on any atom is 0.132 e. The number of aryl methyl sites for hydroxylation is 1. The molecular formula is C14H15ClN2O2. The van der Waals surface area contributed by atoms with Crippen LogP contribution < -0.4 is 5.32 Å². The second-order valence-electron chi connectivity index (χ2n) is 4.44. The lowest BCUT2D eigenvalue weighted by molar-refractivity contribution is 0.444. The Labute approximate surface area is 116 Å². The summed E-state index contributed by atoms with van der Waals surface area (Å²) in [6.07, 6.45) is 1.64. The lowest BCUT2D eigenvalue weighted by atomic mass is 10.1. The molecule has 0 bridgehead atoms. The van der Waals surface area contributed by atoms with Gasteiger partial charge in [0.25, 0.3) is 0 Å². The molecule has 0 aliphatic rings. The summed E-state index contributed by atoms with van der Waals surface area (Å²) < 4.78 is 0. The second kappa shape index (κ2) is 5.36. The monoisotopic (exact) mass is 278 g/mol. The summed E-state index contributed by atoms with van der Waals surface area (Å²) in [5, 5.41) is 22.8. The number of pyridine rings is 1. The van der Waals surface area contributed by atoms with Crippen LogP contribution >= 0.6 is 11.6 Å². The van der Waals surface area contributed by atoms with Gasteiger partial charge in [0.05, 0.1) is 17.9 Å². The van der Waals surface area contributed by atoms with E-state index in [1.807, 2.05) is 19.9 Å². The lowest BCUT2D eigenvalue weighted by Gasteiger charge is -2.17. The first-order valence-corrected chi connectivity index (χ1v) is 6.25. The van der Waals surface area contributed by atoms with Gasteiger partial charge >= 0.3 is 0 Å². The zero-order chi connectivity index (χ0) is 14.0. The highest BCUT2D eigenvalue weighted by Crippen LogP contribution is 2.30. The van der Waals surface area contributed by atoms with Crippen molar-refractivity contribution >= 4 is 17.3 Å². The highest BCUT2D eigenvalue weighted by molar-refractivity contribution is 6.30. The fraction of sp³-hybridized carbons (Fsp3) is 0.214. The van der Waals surface area contributed by atoms with E-state index in [9.17, 15) is 10.2 Å². The minimum Gasteiger partial charge on any atom is -0.508 e. The van der Waals surface area contributed by atoms with Gasteiger partial charge in [0.15, 0.2) is 0 Å². The number of nitrogens with zero attached hydrogens (tertiary/aromatic N) is 1. The summed E-state index contributed by atoms with van der Waals surface area (Å²) in [5.74, 6) is 0.0936. The molecule has 19 heavy (non-hydrogen) atoms. The molecule has 0 saturated carbocycles. The molecule has 0 radical (unpaired) electrons. The van der Waals surface area contributed by atoms with Crippen LogP contribution in [0.1, 0.15) is 24.1 Å². The van der Waals surface area contributed by atoms with Gasteiger partial charge in [0, 0.05) is 11.6 Å². The number of hydrogen-bond acceptors (Lipinski definition) is 4. The van der Waals surface area contributed by atoms with E-state index in [2.05, 4.69) is 10.3 Å². The Morgan fingerprint density at radius 2 is 2.00 bits per heavy atom. The van der Waals surface area contributed by atoms with Crippen LogP contribution in [-0.2, 0) is 0 Å². The first kappa shape index (κ1) is 13.5. The molecule has 2 rings (SSSR count). The predicted octanol–water partition coefficient (Wildman–Crippen LogP) is 3.63. The number of aromatic hydroxyl groups is 2. The third kappa shape index (κ3) is 3.09. The van der Waals surface area contributed by atoms with Gasteiger partial charge in [-0.1, -0.05) is 11.6 Å². The normalized spacial score (nSPS) is 12.2. The van der Waals surface area contributed by atoms with Crippen molar-refractivity contribution in [1.82, 2.24) is 4.98 Å². The van der Waals surface area contributed by atoms with E-state index >= 15 is 0 Å². The van der Waals surface area contributed by atoms with Crippen molar-refractivity contribution in [2.75, 3.05) is 5.32 Å². The topological polar surface area (TPSA) is 65.4 Å². The summed E-state index contributed by atoms with van der Waals surface area (Å²) in [7, 11) is 0. The standard InChI is InChI=1S/C14H15ClN2O2/c1-8-5-10(7-16-14(8)15)17-9(2)12-4-3-11(18)6-13(12)19/h3-7,9,17-19H,1-2H3. The van der Waals surface area contributed by atoms with Gasteiger partial charge < -0.3 is 15.5 Å². The number of anilines is 1. The van der Waals surface area contributed by atoms with Crippen molar-refractivity contribution in [2.24, 2.45) is 0 Å². The molecule has 2 aromatic rings. The third-order valence-electron chi connectivity index (χ3n) is 2.88. The van der Waals surface area contributed by atoms with E-state index in [0.29, 0.717) is 10.7 Å². The Morgan fingerprint density at radius 1 is 1.26 bits per heavy atom.